The van der Waals surface area contributed by atoms with Crippen LogP contribution in [-0.4, -0.2) is 58.0 Å². The lowest BCUT2D eigenvalue weighted by molar-refractivity contribution is -0.140. The van der Waals surface area contributed by atoms with E-state index >= 15 is 0 Å². The molecule has 0 bridgehead atoms. The maximum Gasteiger partial charge on any atom is 0.264 e. The number of ether oxygens (including phenoxy) is 2. The summed E-state index contributed by atoms with van der Waals surface area (Å²) in [6.45, 7) is 5.41. The zero-order valence-electron chi connectivity index (χ0n) is 26.2. The Hall–Kier alpha value is -4.05. The average molecular weight is 622 g/mol. The minimum atomic E-state index is -4.25. The fraction of sp³-hybridized carbons (Fsp3) is 0.412. The molecule has 0 radical (unpaired) electrons. The van der Waals surface area contributed by atoms with Gasteiger partial charge in [0.2, 0.25) is 11.8 Å². The molecule has 4 rings (SSSR count). The van der Waals surface area contributed by atoms with Gasteiger partial charge in [0.15, 0.2) is 11.5 Å². The van der Waals surface area contributed by atoms with E-state index in [0.717, 1.165) is 46.7 Å². The number of nitrogens with one attached hydrogen (secondary N) is 1. The lowest BCUT2D eigenvalue weighted by Gasteiger charge is -2.34. The van der Waals surface area contributed by atoms with Gasteiger partial charge in [-0.3, -0.25) is 13.9 Å². The van der Waals surface area contributed by atoms with E-state index in [1.165, 1.54) is 37.3 Å². The first kappa shape index (κ1) is 32.9. The van der Waals surface area contributed by atoms with E-state index in [4.69, 9.17) is 9.47 Å². The summed E-state index contributed by atoms with van der Waals surface area (Å²) in [6, 6.07) is 18.4. The molecule has 0 heterocycles. The van der Waals surface area contributed by atoms with Crippen LogP contribution < -0.4 is 19.1 Å². The van der Waals surface area contributed by atoms with Gasteiger partial charge >= 0.3 is 0 Å². The first-order chi connectivity index (χ1) is 21.1. The zero-order chi connectivity index (χ0) is 31.9. The van der Waals surface area contributed by atoms with E-state index in [0.29, 0.717) is 17.9 Å². The molecular formula is C34H43N3O6S. The highest BCUT2D eigenvalue weighted by molar-refractivity contribution is 7.92. The number of benzene rings is 3. The first-order valence-corrected chi connectivity index (χ1v) is 16.5. The van der Waals surface area contributed by atoms with Crippen LogP contribution in [0.5, 0.6) is 11.5 Å². The second kappa shape index (κ2) is 14.6. The van der Waals surface area contributed by atoms with Crippen LogP contribution in [0.4, 0.5) is 5.69 Å². The second-order valence-electron chi connectivity index (χ2n) is 11.3. The summed E-state index contributed by atoms with van der Waals surface area (Å²) in [4.78, 5) is 29.4. The maximum absolute atomic E-state index is 14.3. The Kier molecular flexibility index (Phi) is 10.9. The van der Waals surface area contributed by atoms with Crippen LogP contribution in [0.1, 0.15) is 55.7 Å². The zero-order valence-corrected chi connectivity index (χ0v) is 27.0. The predicted molar refractivity (Wildman–Crippen MR) is 171 cm³/mol. The monoisotopic (exact) mass is 621 g/mol. The molecule has 3 aromatic carbocycles. The smallest absolute Gasteiger partial charge is 0.264 e. The minimum absolute atomic E-state index is 0.0559. The third-order valence-electron chi connectivity index (χ3n) is 8.10. The van der Waals surface area contributed by atoms with Gasteiger partial charge in [-0.1, -0.05) is 67.3 Å². The molecule has 44 heavy (non-hydrogen) atoms. The van der Waals surface area contributed by atoms with Gasteiger partial charge in [-0.2, -0.15) is 0 Å². The molecule has 9 nitrogen and oxygen atoms in total. The van der Waals surface area contributed by atoms with Crippen molar-refractivity contribution in [3.8, 4) is 11.5 Å². The average Bonchev–Trinajstić information content (AvgIpc) is 3.53. The molecule has 2 amide bonds. The Morgan fingerprint density at radius 1 is 0.886 bits per heavy atom. The third-order valence-corrected chi connectivity index (χ3v) is 9.87. The molecule has 0 unspecified atom stereocenters. The van der Waals surface area contributed by atoms with Crippen molar-refractivity contribution < 1.29 is 27.5 Å². The van der Waals surface area contributed by atoms with Crippen molar-refractivity contribution in [2.45, 2.75) is 76.4 Å². The summed E-state index contributed by atoms with van der Waals surface area (Å²) in [7, 11) is -1.35. The second-order valence-corrected chi connectivity index (χ2v) is 13.1. The maximum atomic E-state index is 14.3. The molecule has 0 aromatic heterocycles. The summed E-state index contributed by atoms with van der Waals surface area (Å²) < 4.78 is 40.2. The number of rotatable bonds is 13. The van der Waals surface area contributed by atoms with Gasteiger partial charge in [0.05, 0.1) is 24.8 Å². The van der Waals surface area contributed by atoms with Crippen molar-refractivity contribution >= 4 is 27.5 Å². The number of carbonyl (C=O) groups is 2. The molecule has 3 aromatic rings. The van der Waals surface area contributed by atoms with Gasteiger partial charge in [0.25, 0.3) is 10.0 Å². The Bertz CT molecular complexity index is 1530. The normalized spacial score (nSPS) is 14.1. The number of hydrogen-bond donors (Lipinski definition) is 1. The van der Waals surface area contributed by atoms with Crippen LogP contribution in [0.2, 0.25) is 0 Å². The summed E-state index contributed by atoms with van der Waals surface area (Å²) >= 11 is 0. The van der Waals surface area contributed by atoms with Crippen LogP contribution in [0.3, 0.4) is 0 Å². The summed E-state index contributed by atoms with van der Waals surface area (Å²) in [5.74, 6) is -0.0692. The van der Waals surface area contributed by atoms with E-state index < -0.39 is 28.5 Å². The van der Waals surface area contributed by atoms with E-state index in [1.54, 1.807) is 24.3 Å². The molecule has 10 heteroatoms. The molecule has 0 saturated heterocycles. The summed E-state index contributed by atoms with van der Waals surface area (Å²) in [5, 5.41) is 3.14. The Morgan fingerprint density at radius 2 is 1.48 bits per heavy atom. The number of aryl methyl sites for hydroxylation is 2. The van der Waals surface area contributed by atoms with Crippen LogP contribution in [-0.2, 0) is 26.2 Å². The van der Waals surface area contributed by atoms with Crippen molar-refractivity contribution in [1.29, 1.82) is 0 Å². The number of anilines is 1. The number of sulfonamides is 1. The predicted octanol–water partition coefficient (Wildman–Crippen LogP) is 5.38. The van der Waals surface area contributed by atoms with Crippen LogP contribution >= 0.6 is 0 Å². The minimum Gasteiger partial charge on any atom is -0.493 e. The van der Waals surface area contributed by atoms with E-state index in [2.05, 4.69) is 5.32 Å². The molecule has 1 N–H and O–H groups in total. The van der Waals surface area contributed by atoms with Crippen LogP contribution in [0.15, 0.2) is 71.6 Å². The fourth-order valence-corrected chi connectivity index (χ4v) is 6.95. The SMILES string of the molecule is CC[C@H](C(=O)NC1CCCC1)N(Cc1ccc(C)cc1)C(=O)CN(c1ccc(C)cc1)S(=O)(=O)c1ccc(OC)c(OC)c1. The lowest BCUT2D eigenvalue weighted by Crippen LogP contribution is -2.53. The van der Waals surface area contributed by atoms with E-state index in [1.807, 2.05) is 45.0 Å². The molecular weight excluding hydrogens is 578 g/mol. The molecule has 0 aliphatic heterocycles. The fourth-order valence-electron chi connectivity index (χ4n) is 5.52. The van der Waals surface area contributed by atoms with Gasteiger partial charge in [0, 0.05) is 18.7 Å². The topological polar surface area (TPSA) is 105 Å². The largest absolute Gasteiger partial charge is 0.493 e. The molecule has 1 atom stereocenters. The highest BCUT2D eigenvalue weighted by Crippen LogP contribution is 2.32. The number of carbonyl (C=O) groups excluding carboxylic acids is 2. The van der Waals surface area contributed by atoms with Crippen molar-refractivity contribution in [3.63, 3.8) is 0 Å². The van der Waals surface area contributed by atoms with E-state index in [-0.39, 0.29) is 29.1 Å². The van der Waals surface area contributed by atoms with Gasteiger partial charge in [-0.15, -0.1) is 0 Å². The van der Waals surface area contributed by atoms with Crippen molar-refractivity contribution in [1.82, 2.24) is 10.2 Å². The quantitative estimate of drug-likeness (QED) is 0.275. The summed E-state index contributed by atoms with van der Waals surface area (Å²) in [6.07, 6.45) is 4.33. The molecule has 236 valence electrons. The molecule has 1 aliphatic carbocycles. The lowest BCUT2D eigenvalue weighted by atomic mass is 10.1. The van der Waals surface area contributed by atoms with Gasteiger partial charge < -0.3 is 19.7 Å². The molecule has 1 saturated carbocycles. The van der Waals surface area contributed by atoms with Gasteiger partial charge in [0.1, 0.15) is 12.6 Å². The van der Waals surface area contributed by atoms with Crippen LogP contribution in [0.25, 0.3) is 0 Å². The van der Waals surface area contributed by atoms with E-state index in [9.17, 15) is 18.0 Å². The van der Waals surface area contributed by atoms with Gasteiger partial charge in [-0.05, 0) is 62.9 Å². The number of methoxy groups -OCH3 is 2. The summed E-state index contributed by atoms with van der Waals surface area (Å²) in [5.41, 5.74) is 3.20. The Labute approximate surface area is 261 Å². The number of nitrogens with zero attached hydrogens (tertiary/aromatic N) is 2. The Morgan fingerprint density at radius 3 is 2.05 bits per heavy atom. The molecule has 0 spiro atoms. The van der Waals surface area contributed by atoms with Crippen LogP contribution in [0, 0.1) is 13.8 Å². The first-order valence-electron chi connectivity index (χ1n) is 15.0. The molecule has 1 fully saturated rings. The number of hydrogen-bond acceptors (Lipinski definition) is 6. The molecule has 1 aliphatic rings. The Balaban J connectivity index is 1.73. The standard InChI is InChI=1S/C34H43N3O6S/c1-6-30(34(39)35-27-9-7-8-10-27)36(22-26-15-11-24(2)12-16-26)33(38)23-37(28-17-13-25(3)14-18-28)44(40,41)29-19-20-31(42-4)32(21-29)43-5/h11-21,27,30H,6-10,22-23H2,1-5H3,(H,35,39)/t30-/m1/s1. The van der Waals surface area contributed by atoms with Crippen molar-refractivity contribution in [2.75, 3.05) is 25.1 Å². The highest BCUT2D eigenvalue weighted by Gasteiger charge is 2.35. The highest BCUT2D eigenvalue weighted by atomic mass is 32.2. The number of amides is 2. The van der Waals surface area contributed by atoms with Crippen molar-refractivity contribution in [2.24, 2.45) is 0 Å². The third kappa shape index (κ3) is 7.72. The van der Waals surface area contributed by atoms with Gasteiger partial charge in [-0.25, -0.2) is 8.42 Å². The van der Waals surface area contributed by atoms with Crippen molar-refractivity contribution in [3.05, 3.63) is 83.4 Å².